The Morgan fingerprint density at radius 1 is 1.12 bits per heavy atom. The molecule has 0 atom stereocenters. The van der Waals surface area contributed by atoms with Crippen LogP contribution >= 0.6 is 0 Å². The highest BCUT2D eigenvalue weighted by atomic mass is 16.6. The van der Waals surface area contributed by atoms with Gasteiger partial charge >= 0.3 is 6.09 Å². The molecule has 0 aliphatic carbocycles. The van der Waals surface area contributed by atoms with Crippen molar-refractivity contribution in [3.05, 3.63) is 29.8 Å². The van der Waals surface area contributed by atoms with Gasteiger partial charge in [0, 0.05) is 38.8 Å². The molecule has 1 aromatic carbocycles. The highest BCUT2D eigenvalue weighted by molar-refractivity contribution is 5.97. The number of anilines is 1. The van der Waals surface area contributed by atoms with Crippen molar-refractivity contribution in [3.63, 3.8) is 0 Å². The molecule has 0 N–H and O–H groups in total. The lowest BCUT2D eigenvalue weighted by molar-refractivity contribution is -0.132. The minimum atomic E-state index is -0.373. The van der Waals surface area contributed by atoms with E-state index in [1.165, 1.54) is 11.8 Å². The monoisotopic (exact) mass is 358 g/mol. The Labute approximate surface area is 152 Å². The zero-order chi connectivity index (χ0) is 19.1. The fourth-order valence-corrected chi connectivity index (χ4v) is 2.69. The van der Waals surface area contributed by atoms with E-state index in [9.17, 15) is 14.4 Å². The summed E-state index contributed by atoms with van der Waals surface area (Å²) in [6, 6.07) is 8.52. The number of hydrogen-bond acceptors (Lipinski definition) is 5. The summed E-state index contributed by atoms with van der Waals surface area (Å²) in [4.78, 5) is 40.8. The number of amides is 3. The normalized spacial score (nSPS) is 13.7. The number of nitrogens with zero attached hydrogens (tertiary/aromatic N) is 4. The molecule has 26 heavy (non-hydrogen) atoms. The van der Waals surface area contributed by atoms with Crippen LogP contribution in [0, 0.1) is 11.3 Å². The van der Waals surface area contributed by atoms with Crippen molar-refractivity contribution < 1.29 is 19.1 Å². The second-order valence-corrected chi connectivity index (χ2v) is 5.83. The molecule has 0 saturated carbocycles. The molecule has 8 nitrogen and oxygen atoms in total. The van der Waals surface area contributed by atoms with Crippen molar-refractivity contribution >= 4 is 23.6 Å². The van der Waals surface area contributed by atoms with E-state index in [2.05, 4.69) is 0 Å². The van der Waals surface area contributed by atoms with E-state index in [4.69, 9.17) is 10.00 Å². The van der Waals surface area contributed by atoms with Crippen molar-refractivity contribution in [2.45, 2.75) is 13.8 Å². The van der Waals surface area contributed by atoms with Crippen molar-refractivity contribution in [3.8, 4) is 6.07 Å². The number of carbonyl (C=O) groups excluding carboxylic acids is 3. The molecule has 1 saturated heterocycles. The van der Waals surface area contributed by atoms with E-state index < -0.39 is 0 Å². The molecule has 8 heteroatoms. The molecule has 0 spiro atoms. The van der Waals surface area contributed by atoms with E-state index >= 15 is 0 Å². The van der Waals surface area contributed by atoms with Gasteiger partial charge in [0.1, 0.15) is 6.54 Å². The maximum atomic E-state index is 12.6. The van der Waals surface area contributed by atoms with Crippen LogP contribution in [0.2, 0.25) is 0 Å². The fraction of sp³-hybridized carbons (Fsp3) is 0.444. The first kappa shape index (κ1) is 19.2. The first-order valence-electron chi connectivity index (χ1n) is 8.44. The van der Waals surface area contributed by atoms with E-state index in [1.54, 1.807) is 41.0 Å². The van der Waals surface area contributed by atoms with Crippen LogP contribution in [0.3, 0.4) is 0 Å². The van der Waals surface area contributed by atoms with Gasteiger partial charge in [-0.3, -0.25) is 9.59 Å². The second kappa shape index (κ2) is 8.85. The molecule has 1 aliphatic rings. The van der Waals surface area contributed by atoms with Crippen LogP contribution in [0.1, 0.15) is 19.4 Å². The Morgan fingerprint density at radius 2 is 1.69 bits per heavy atom. The Kier molecular flexibility index (Phi) is 6.55. The average molecular weight is 358 g/mol. The van der Waals surface area contributed by atoms with Crippen LogP contribution in [0.25, 0.3) is 0 Å². The second-order valence-electron chi connectivity index (χ2n) is 5.83. The molecule has 0 radical (unpaired) electrons. The summed E-state index contributed by atoms with van der Waals surface area (Å²) in [7, 11) is 0. The topological polar surface area (TPSA) is 93.9 Å². The molecule has 0 unspecified atom stereocenters. The van der Waals surface area contributed by atoms with Crippen molar-refractivity contribution in [2.24, 2.45) is 0 Å². The first-order valence-corrected chi connectivity index (χ1v) is 8.44. The fourth-order valence-electron chi connectivity index (χ4n) is 2.69. The largest absolute Gasteiger partial charge is 0.450 e. The van der Waals surface area contributed by atoms with Gasteiger partial charge < -0.3 is 19.4 Å². The summed E-state index contributed by atoms with van der Waals surface area (Å²) in [6.07, 6.45) is -0.373. The number of nitriles is 1. The van der Waals surface area contributed by atoms with Crippen LogP contribution in [0.15, 0.2) is 24.3 Å². The number of benzene rings is 1. The van der Waals surface area contributed by atoms with Gasteiger partial charge in [-0.05, 0) is 31.2 Å². The highest BCUT2D eigenvalue weighted by Gasteiger charge is 2.26. The van der Waals surface area contributed by atoms with E-state index in [1.807, 2.05) is 6.07 Å². The summed E-state index contributed by atoms with van der Waals surface area (Å²) in [5.41, 5.74) is 1.05. The quantitative estimate of drug-likeness (QED) is 0.806. The number of piperazine rings is 1. The lowest BCUT2D eigenvalue weighted by Gasteiger charge is -2.35. The molecule has 138 valence electrons. The van der Waals surface area contributed by atoms with Crippen LogP contribution in [-0.2, 0) is 14.3 Å². The van der Waals surface area contributed by atoms with Gasteiger partial charge in [-0.1, -0.05) is 0 Å². The molecule has 2 rings (SSSR count). The summed E-state index contributed by atoms with van der Waals surface area (Å²) in [6.45, 7) is 4.98. The zero-order valence-electron chi connectivity index (χ0n) is 15.0. The maximum Gasteiger partial charge on any atom is 0.409 e. The minimum absolute atomic E-state index is 0.0827. The van der Waals surface area contributed by atoms with Crippen molar-refractivity contribution in [1.82, 2.24) is 9.80 Å². The predicted octanol–water partition coefficient (Wildman–Crippen LogP) is 1.21. The molecule has 0 bridgehead atoms. The summed E-state index contributed by atoms with van der Waals surface area (Å²) in [5.74, 6) is -0.443. The van der Waals surface area contributed by atoms with Crippen LogP contribution < -0.4 is 4.90 Å². The third-order valence-electron chi connectivity index (χ3n) is 4.14. The van der Waals surface area contributed by atoms with E-state index in [0.717, 1.165) is 0 Å². The summed E-state index contributed by atoms with van der Waals surface area (Å²) < 4.78 is 4.96. The highest BCUT2D eigenvalue weighted by Crippen LogP contribution is 2.16. The maximum absolute atomic E-state index is 12.6. The average Bonchev–Trinajstić information content (AvgIpc) is 2.66. The molecule has 1 fully saturated rings. The van der Waals surface area contributed by atoms with Gasteiger partial charge in [0.05, 0.1) is 18.2 Å². The van der Waals surface area contributed by atoms with Gasteiger partial charge in [0.25, 0.3) is 0 Å². The van der Waals surface area contributed by atoms with Crippen LogP contribution in [0.5, 0.6) is 0 Å². The molecule has 0 aromatic heterocycles. The predicted molar refractivity (Wildman–Crippen MR) is 94.4 cm³/mol. The van der Waals surface area contributed by atoms with Gasteiger partial charge in [-0.15, -0.1) is 0 Å². The molecule has 1 heterocycles. The van der Waals surface area contributed by atoms with Gasteiger partial charge in [0.2, 0.25) is 11.8 Å². The molecule has 1 aliphatic heterocycles. The SMILES string of the molecule is CCOC(=O)N1CCN(C(=O)CN(C(C)=O)c2ccc(C#N)cc2)CC1. The summed E-state index contributed by atoms with van der Waals surface area (Å²) in [5, 5.41) is 8.86. The van der Waals surface area contributed by atoms with Crippen LogP contribution in [-0.4, -0.2) is 67.0 Å². The first-order chi connectivity index (χ1) is 12.5. The Balaban J connectivity index is 1.97. The zero-order valence-corrected chi connectivity index (χ0v) is 15.0. The summed E-state index contributed by atoms with van der Waals surface area (Å²) >= 11 is 0. The third-order valence-corrected chi connectivity index (χ3v) is 4.14. The number of carbonyl (C=O) groups is 3. The Morgan fingerprint density at radius 3 is 2.19 bits per heavy atom. The van der Waals surface area contributed by atoms with Crippen LogP contribution in [0.4, 0.5) is 10.5 Å². The van der Waals surface area contributed by atoms with Crippen molar-refractivity contribution in [1.29, 1.82) is 5.26 Å². The smallest absolute Gasteiger partial charge is 0.409 e. The van der Waals surface area contributed by atoms with E-state index in [-0.39, 0.29) is 24.5 Å². The standard InChI is InChI=1S/C18H22N4O4/c1-3-26-18(25)21-10-8-20(9-11-21)17(24)13-22(14(2)23)16-6-4-15(12-19)5-7-16/h4-7H,3,8-11,13H2,1-2H3. The Hall–Kier alpha value is -3.08. The van der Waals surface area contributed by atoms with Crippen molar-refractivity contribution in [2.75, 3.05) is 44.2 Å². The number of rotatable bonds is 4. The van der Waals surface area contributed by atoms with Gasteiger partial charge in [-0.2, -0.15) is 5.26 Å². The molecular formula is C18H22N4O4. The molecule has 3 amide bonds. The number of ether oxygens (including phenoxy) is 1. The van der Waals surface area contributed by atoms with E-state index in [0.29, 0.717) is 44.0 Å². The lowest BCUT2D eigenvalue weighted by atomic mass is 10.2. The van der Waals surface area contributed by atoms with Gasteiger partial charge in [-0.25, -0.2) is 4.79 Å². The van der Waals surface area contributed by atoms with Gasteiger partial charge in [0.15, 0.2) is 0 Å². The number of hydrogen-bond donors (Lipinski definition) is 0. The molecular weight excluding hydrogens is 336 g/mol. The molecule has 1 aromatic rings. The lowest BCUT2D eigenvalue weighted by Crippen LogP contribution is -2.53. The third kappa shape index (κ3) is 4.72. The Bertz CT molecular complexity index is 703. The minimum Gasteiger partial charge on any atom is -0.450 e.